The van der Waals surface area contributed by atoms with E-state index in [1.807, 2.05) is 60.7 Å². The minimum atomic E-state index is -0.881. The smallest absolute Gasteiger partial charge is 0.342 e. The second-order valence-corrected chi connectivity index (χ2v) is 8.17. The van der Waals surface area contributed by atoms with Crippen molar-refractivity contribution in [3.63, 3.8) is 0 Å². The average molecular weight is 499 g/mol. The van der Waals surface area contributed by atoms with Gasteiger partial charge in [-0.1, -0.05) is 54.6 Å². The van der Waals surface area contributed by atoms with Crippen LogP contribution in [0.25, 0.3) is 0 Å². The monoisotopic (exact) mass is 498 g/mol. The molecule has 0 amide bonds. The van der Waals surface area contributed by atoms with Gasteiger partial charge in [-0.2, -0.15) is 0 Å². The largest absolute Gasteiger partial charge is 0.504 e. The first kappa shape index (κ1) is 25.3. The van der Waals surface area contributed by atoms with Crippen molar-refractivity contribution in [2.45, 2.75) is 13.0 Å². The predicted octanol–water partition coefficient (Wildman–Crippen LogP) is 5.93. The third-order valence-corrected chi connectivity index (χ3v) is 5.61. The minimum absolute atomic E-state index is 0.0213. The topological polar surface area (TPSA) is 91.3 Å². The van der Waals surface area contributed by atoms with Gasteiger partial charge in [0.1, 0.15) is 23.7 Å². The molecule has 1 N–H and O–H groups in total. The van der Waals surface area contributed by atoms with Gasteiger partial charge < -0.3 is 24.1 Å². The number of carbonyl (C=O) groups is 2. The maximum Gasteiger partial charge on any atom is 0.342 e. The SMILES string of the molecule is COC(=O)c1ccc(OCc2cccc(Oc3cccc(Cc4ccccc4)c3)c2)c(O)c1C(=O)OC. The second-order valence-electron chi connectivity index (χ2n) is 8.17. The van der Waals surface area contributed by atoms with E-state index in [1.165, 1.54) is 24.8 Å². The molecule has 4 rings (SSSR count). The van der Waals surface area contributed by atoms with Crippen molar-refractivity contribution in [3.05, 3.63) is 119 Å². The first-order valence-electron chi connectivity index (χ1n) is 11.5. The fourth-order valence-electron chi connectivity index (χ4n) is 3.82. The fraction of sp³-hybridized carbons (Fsp3) is 0.133. The molecular formula is C30H26O7. The number of hydrogen-bond donors (Lipinski definition) is 1. The Balaban J connectivity index is 1.47. The van der Waals surface area contributed by atoms with E-state index in [9.17, 15) is 14.7 Å². The van der Waals surface area contributed by atoms with Crippen molar-refractivity contribution in [2.75, 3.05) is 14.2 Å². The van der Waals surface area contributed by atoms with E-state index in [0.29, 0.717) is 11.5 Å². The first-order chi connectivity index (χ1) is 18.0. The fourth-order valence-corrected chi connectivity index (χ4v) is 3.82. The Kier molecular flexibility index (Phi) is 8.05. The summed E-state index contributed by atoms with van der Waals surface area (Å²) in [5.74, 6) is -0.803. The lowest BCUT2D eigenvalue weighted by Gasteiger charge is -2.14. The highest BCUT2D eigenvalue weighted by Gasteiger charge is 2.25. The molecular weight excluding hydrogens is 472 g/mol. The summed E-state index contributed by atoms with van der Waals surface area (Å²) in [4.78, 5) is 24.2. The molecule has 0 aliphatic heterocycles. The van der Waals surface area contributed by atoms with Gasteiger partial charge in [-0.25, -0.2) is 9.59 Å². The molecule has 0 aromatic heterocycles. The molecule has 0 bridgehead atoms. The number of ether oxygens (including phenoxy) is 4. The third kappa shape index (κ3) is 6.27. The number of hydrogen-bond acceptors (Lipinski definition) is 7. The van der Waals surface area contributed by atoms with E-state index in [2.05, 4.69) is 22.9 Å². The van der Waals surface area contributed by atoms with Gasteiger partial charge in [-0.3, -0.25) is 0 Å². The molecule has 7 heteroatoms. The van der Waals surface area contributed by atoms with Crippen molar-refractivity contribution in [1.29, 1.82) is 0 Å². The summed E-state index contributed by atoms with van der Waals surface area (Å²) >= 11 is 0. The Morgan fingerprint density at radius 3 is 2.00 bits per heavy atom. The Morgan fingerprint density at radius 2 is 1.32 bits per heavy atom. The lowest BCUT2D eigenvalue weighted by molar-refractivity contribution is 0.0551. The molecule has 0 spiro atoms. The third-order valence-electron chi connectivity index (χ3n) is 5.61. The quantitative estimate of drug-likeness (QED) is 0.286. The molecule has 0 unspecified atom stereocenters. The maximum absolute atomic E-state index is 12.2. The number of carbonyl (C=O) groups excluding carboxylic acids is 2. The Hall–Kier alpha value is -4.78. The van der Waals surface area contributed by atoms with Crippen LogP contribution in [0.1, 0.15) is 37.4 Å². The van der Waals surface area contributed by atoms with Gasteiger partial charge >= 0.3 is 11.9 Å². The van der Waals surface area contributed by atoms with Crippen LogP contribution < -0.4 is 9.47 Å². The first-order valence-corrected chi connectivity index (χ1v) is 11.5. The number of benzene rings is 4. The number of phenols is 1. The van der Waals surface area contributed by atoms with E-state index in [-0.39, 0.29) is 23.5 Å². The molecule has 0 fully saturated rings. The van der Waals surface area contributed by atoms with Crippen LogP contribution in [0.15, 0.2) is 91.0 Å². The highest BCUT2D eigenvalue weighted by molar-refractivity contribution is 6.05. The number of phenolic OH excluding ortho intramolecular Hbond substituents is 1. The average Bonchev–Trinajstić information content (AvgIpc) is 2.92. The molecule has 188 valence electrons. The molecule has 0 aliphatic rings. The van der Waals surface area contributed by atoms with Crippen LogP contribution in [0.4, 0.5) is 0 Å². The van der Waals surface area contributed by atoms with Gasteiger partial charge in [0.15, 0.2) is 11.5 Å². The zero-order valence-electron chi connectivity index (χ0n) is 20.5. The molecule has 0 heterocycles. The zero-order chi connectivity index (χ0) is 26.2. The minimum Gasteiger partial charge on any atom is -0.504 e. The van der Waals surface area contributed by atoms with Gasteiger partial charge in [0.05, 0.1) is 19.8 Å². The highest BCUT2D eigenvalue weighted by Crippen LogP contribution is 2.34. The van der Waals surface area contributed by atoms with Crippen LogP contribution in [-0.2, 0) is 22.5 Å². The zero-order valence-corrected chi connectivity index (χ0v) is 20.5. The summed E-state index contributed by atoms with van der Waals surface area (Å²) in [6.07, 6.45) is 0.803. The summed E-state index contributed by atoms with van der Waals surface area (Å²) in [5.41, 5.74) is 2.69. The van der Waals surface area contributed by atoms with Crippen LogP contribution in [0.5, 0.6) is 23.0 Å². The molecule has 0 aliphatic carbocycles. The van der Waals surface area contributed by atoms with Gasteiger partial charge in [0.25, 0.3) is 0 Å². The standard InChI is InChI=1S/C30H26O7/c1-34-29(32)25-14-15-26(28(31)27(25)30(33)35-2)36-19-22-11-7-13-24(18-22)37-23-12-6-10-21(17-23)16-20-8-4-3-5-9-20/h3-15,17-18,31H,16,19H2,1-2H3. The number of methoxy groups -OCH3 is 2. The highest BCUT2D eigenvalue weighted by atomic mass is 16.5. The van der Waals surface area contributed by atoms with E-state index < -0.39 is 17.7 Å². The van der Waals surface area contributed by atoms with Gasteiger partial charge in [0.2, 0.25) is 0 Å². The molecule has 4 aromatic carbocycles. The molecule has 0 saturated heterocycles. The van der Waals surface area contributed by atoms with Gasteiger partial charge in [0, 0.05) is 0 Å². The predicted molar refractivity (Wildman–Crippen MR) is 137 cm³/mol. The number of rotatable bonds is 9. The lowest BCUT2D eigenvalue weighted by atomic mass is 10.1. The summed E-state index contributed by atoms with van der Waals surface area (Å²) in [6.45, 7) is 0.0803. The summed E-state index contributed by atoms with van der Waals surface area (Å²) in [5, 5.41) is 10.6. The molecule has 0 atom stereocenters. The Morgan fingerprint density at radius 1 is 0.703 bits per heavy atom. The summed E-state index contributed by atoms with van der Waals surface area (Å²) in [7, 11) is 2.33. The lowest BCUT2D eigenvalue weighted by Crippen LogP contribution is -2.12. The van der Waals surface area contributed by atoms with E-state index in [4.69, 9.17) is 14.2 Å². The normalized spacial score (nSPS) is 10.4. The van der Waals surface area contributed by atoms with Crippen molar-refractivity contribution in [2.24, 2.45) is 0 Å². The van der Waals surface area contributed by atoms with Gasteiger partial charge in [-0.05, 0) is 59.5 Å². The summed E-state index contributed by atoms with van der Waals surface area (Å²) in [6, 6.07) is 28.2. The van der Waals surface area contributed by atoms with E-state index >= 15 is 0 Å². The van der Waals surface area contributed by atoms with Crippen LogP contribution in [0.3, 0.4) is 0 Å². The van der Waals surface area contributed by atoms with Gasteiger partial charge in [-0.15, -0.1) is 0 Å². The Bertz CT molecular complexity index is 1400. The van der Waals surface area contributed by atoms with Crippen molar-refractivity contribution in [1.82, 2.24) is 0 Å². The Labute approximate surface area is 214 Å². The molecule has 0 radical (unpaired) electrons. The molecule has 37 heavy (non-hydrogen) atoms. The van der Waals surface area contributed by atoms with Crippen molar-refractivity contribution < 1.29 is 33.6 Å². The number of aromatic hydroxyl groups is 1. The van der Waals surface area contributed by atoms with Crippen LogP contribution in [-0.4, -0.2) is 31.3 Å². The molecule has 0 saturated carbocycles. The maximum atomic E-state index is 12.2. The van der Waals surface area contributed by atoms with Crippen LogP contribution >= 0.6 is 0 Å². The van der Waals surface area contributed by atoms with E-state index in [0.717, 1.165) is 24.7 Å². The van der Waals surface area contributed by atoms with E-state index in [1.54, 1.807) is 0 Å². The second kappa shape index (κ2) is 11.8. The molecule has 4 aromatic rings. The van der Waals surface area contributed by atoms with Crippen LogP contribution in [0.2, 0.25) is 0 Å². The van der Waals surface area contributed by atoms with Crippen molar-refractivity contribution >= 4 is 11.9 Å². The summed E-state index contributed by atoms with van der Waals surface area (Å²) < 4.78 is 21.2. The van der Waals surface area contributed by atoms with Crippen molar-refractivity contribution in [3.8, 4) is 23.0 Å². The molecule has 7 nitrogen and oxygen atoms in total. The number of esters is 2. The van der Waals surface area contributed by atoms with Crippen LogP contribution in [0, 0.1) is 0 Å².